The summed E-state index contributed by atoms with van der Waals surface area (Å²) >= 11 is 0. The monoisotopic (exact) mass is 304 g/mol. The predicted molar refractivity (Wildman–Crippen MR) is 86.3 cm³/mol. The van der Waals surface area contributed by atoms with Gasteiger partial charge in [0, 0.05) is 18.4 Å². The van der Waals surface area contributed by atoms with E-state index in [4.69, 9.17) is 10.5 Å². The van der Waals surface area contributed by atoms with Crippen molar-refractivity contribution < 1.29 is 14.3 Å². The van der Waals surface area contributed by atoms with Crippen LogP contribution in [0.5, 0.6) is 5.75 Å². The molecule has 0 radical (unpaired) electrons. The summed E-state index contributed by atoms with van der Waals surface area (Å²) in [6.07, 6.45) is 0.690. The van der Waals surface area contributed by atoms with Gasteiger partial charge in [-0.15, -0.1) is 0 Å². The Hall–Kier alpha value is -1.88. The second-order valence-electron chi connectivity index (χ2n) is 5.90. The van der Waals surface area contributed by atoms with E-state index in [9.17, 15) is 9.59 Å². The fraction of sp³-hybridized carbons (Fsp3) is 0.529. The Labute approximate surface area is 131 Å². The Morgan fingerprint density at radius 3 is 2.73 bits per heavy atom. The average Bonchev–Trinajstić information content (AvgIpc) is 2.52. The van der Waals surface area contributed by atoms with Crippen molar-refractivity contribution in [2.75, 3.05) is 18.0 Å². The molecule has 0 spiro atoms. The molecule has 0 fully saturated rings. The fourth-order valence-electron chi connectivity index (χ4n) is 2.53. The summed E-state index contributed by atoms with van der Waals surface area (Å²) in [5.74, 6) is 0.994. The molecule has 1 amide bonds. The van der Waals surface area contributed by atoms with Crippen molar-refractivity contribution >= 4 is 17.4 Å². The van der Waals surface area contributed by atoms with Gasteiger partial charge in [-0.25, -0.2) is 0 Å². The van der Waals surface area contributed by atoms with Gasteiger partial charge < -0.3 is 15.4 Å². The van der Waals surface area contributed by atoms with Crippen LogP contribution in [0.2, 0.25) is 0 Å². The van der Waals surface area contributed by atoms with E-state index in [0.29, 0.717) is 48.8 Å². The molecule has 0 saturated heterocycles. The molecule has 1 unspecified atom stereocenters. The average molecular weight is 304 g/mol. The van der Waals surface area contributed by atoms with Crippen LogP contribution < -0.4 is 15.4 Å². The van der Waals surface area contributed by atoms with Gasteiger partial charge in [0.15, 0.2) is 5.78 Å². The van der Waals surface area contributed by atoms with Crippen molar-refractivity contribution in [2.45, 2.75) is 39.7 Å². The van der Waals surface area contributed by atoms with E-state index in [1.807, 2.05) is 6.92 Å². The zero-order valence-corrected chi connectivity index (χ0v) is 13.5. The maximum absolute atomic E-state index is 12.3. The minimum atomic E-state index is -0.0337. The summed E-state index contributed by atoms with van der Waals surface area (Å²) in [5.41, 5.74) is 6.70. The van der Waals surface area contributed by atoms with Crippen LogP contribution in [0.3, 0.4) is 0 Å². The van der Waals surface area contributed by atoms with Crippen molar-refractivity contribution in [1.29, 1.82) is 0 Å². The second kappa shape index (κ2) is 6.92. The Kier molecular flexibility index (Phi) is 5.19. The van der Waals surface area contributed by atoms with Gasteiger partial charge in [0.25, 0.3) is 0 Å². The largest absolute Gasteiger partial charge is 0.486 e. The number of rotatable bonds is 5. The van der Waals surface area contributed by atoms with E-state index in [1.165, 1.54) is 0 Å². The van der Waals surface area contributed by atoms with E-state index in [0.717, 1.165) is 0 Å². The highest BCUT2D eigenvalue weighted by molar-refractivity contribution is 6.00. The number of Topliss-reactive ketones (excluding diaryl/α,β-unsaturated/α-hetero) is 1. The molecule has 0 saturated carbocycles. The number of hydrogen-bond donors (Lipinski definition) is 1. The Bertz CT molecular complexity index is 569. The quantitative estimate of drug-likeness (QED) is 0.848. The molecular formula is C17H24N2O3. The van der Waals surface area contributed by atoms with Gasteiger partial charge in [-0.1, -0.05) is 20.8 Å². The molecule has 1 aromatic rings. The number of benzene rings is 1. The van der Waals surface area contributed by atoms with Gasteiger partial charge in [0.1, 0.15) is 11.9 Å². The summed E-state index contributed by atoms with van der Waals surface area (Å²) in [6.45, 7) is 6.82. The molecule has 5 nitrogen and oxygen atoms in total. The molecule has 0 aromatic heterocycles. The van der Waals surface area contributed by atoms with E-state index in [2.05, 4.69) is 13.8 Å². The fourth-order valence-corrected chi connectivity index (χ4v) is 2.53. The topological polar surface area (TPSA) is 72.6 Å². The van der Waals surface area contributed by atoms with Gasteiger partial charge in [0.05, 0.1) is 12.2 Å². The van der Waals surface area contributed by atoms with Crippen molar-refractivity contribution in [2.24, 2.45) is 11.7 Å². The molecule has 2 N–H and O–H groups in total. The van der Waals surface area contributed by atoms with Crippen molar-refractivity contribution in [3.8, 4) is 5.75 Å². The second-order valence-corrected chi connectivity index (χ2v) is 5.90. The zero-order chi connectivity index (χ0) is 16.3. The molecule has 1 atom stereocenters. The summed E-state index contributed by atoms with van der Waals surface area (Å²) in [7, 11) is 0. The Balaban J connectivity index is 2.40. The molecule has 0 aliphatic carbocycles. The van der Waals surface area contributed by atoms with Crippen molar-refractivity contribution in [3.63, 3.8) is 0 Å². The third-order valence-corrected chi connectivity index (χ3v) is 3.93. The maximum Gasteiger partial charge on any atom is 0.226 e. The Morgan fingerprint density at radius 1 is 1.41 bits per heavy atom. The number of hydrogen-bond acceptors (Lipinski definition) is 4. The lowest BCUT2D eigenvalue weighted by molar-refractivity contribution is -0.118. The van der Waals surface area contributed by atoms with Gasteiger partial charge in [-0.2, -0.15) is 0 Å². The number of ether oxygens (including phenoxy) is 1. The molecule has 5 heteroatoms. The third kappa shape index (κ3) is 3.30. The first-order chi connectivity index (χ1) is 10.5. The standard InChI is InChI=1S/C17H24N2O3/c1-4-17(21)19-10-16(11(2)3)22-15-6-5-12(9-13(15)19)14(20)7-8-18/h5-6,9,11,16H,4,7-8,10,18H2,1-3H3. The minimum Gasteiger partial charge on any atom is -0.486 e. The SMILES string of the molecule is CCC(=O)N1CC(C(C)C)Oc2ccc(C(=O)CCN)cc21. The first-order valence-corrected chi connectivity index (χ1v) is 7.82. The maximum atomic E-state index is 12.3. The van der Waals surface area contributed by atoms with Crippen LogP contribution >= 0.6 is 0 Å². The van der Waals surface area contributed by atoms with Gasteiger partial charge in [0.2, 0.25) is 5.91 Å². The normalized spacial score (nSPS) is 17.1. The highest BCUT2D eigenvalue weighted by atomic mass is 16.5. The molecular weight excluding hydrogens is 280 g/mol. The first kappa shape index (κ1) is 16.5. The van der Waals surface area contributed by atoms with Crippen LogP contribution in [0.4, 0.5) is 5.69 Å². The van der Waals surface area contributed by atoms with Gasteiger partial charge >= 0.3 is 0 Å². The van der Waals surface area contributed by atoms with E-state index in [-0.39, 0.29) is 17.8 Å². The zero-order valence-electron chi connectivity index (χ0n) is 13.5. The van der Waals surface area contributed by atoms with Crippen molar-refractivity contribution in [1.82, 2.24) is 0 Å². The molecule has 1 aliphatic heterocycles. The number of carbonyl (C=O) groups excluding carboxylic acids is 2. The number of nitrogens with zero attached hydrogens (tertiary/aromatic N) is 1. The lowest BCUT2D eigenvalue weighted by Crippen LogP contribution is -2.45. The lowest BCUT2D eigenvalue weighted by atomic mass is 10.0. The van der Waals surface area contributed by atoms with E-state index < -0.39 is 0 Å². The van der Waals surface area contributed by atoms with E-state index >= 15 is 0 Å². The molecule has 120 valence electrons. The van der Waals surface area contributed by atoms with Crippen LogP contribution in [-0.2, 0) is 4.79 Å². The van der Waals surface area contributed by atoms with E-state index in [1.54, 1.807) is 23.1 Å². The molecule has 2 rings (SSSR count). The number of fused-ring (bicyclic) bond motifs is 1. The number of carbonyl (C=O) groups is 2. The highest BCUT2D eigenvalue weighted by Gasteiger charge is 2.31. The minimum absolute atomic E-state index is 0.0137. The molecule has 22 heavy (non-hydrogen) atoms. The van der Waals surface area contributed by atoms with Gasteiger partial charge in [-0.3, -0.25) is 9.59 Å². The number of ketones is 1. The van der Waals surface area contributed by atoms with Crippen LogP contribution in [0.25, 0.3) is 0 Å². The van der Waals surface area contributed by atoms with Crippen LogP contribution in [0, 0.1) is 5.92 Å². The summed E-state index contributed by atoms with van der Waals surface area (Å²) < 4.78 is 5.98. The predicted octanol–water partition coefficient (Wildman–Crippen LogP) is 2.38. The summed E-state index contributed by atoms with van der Waals surface area (Å²) in [6, 6.07) is 5.27. The summed E-state index contributed by atoms with van der Waals surface area (Å²) in [4.78, 5) is 26.0. The lowest BCUT2D eigenvalue weighted by Gasteiger charge is -2.36. The molecule has 1 aromatic carbocycles. The third-order valence-electron chi connectivity index (χ3n) is 3.93. The highest BCUT2D eigenvalue weighted by Crippen LogP contribution is 2.36. The Morgan fingerprint density at radius 2 is 2.14 bits per heavy atom. The number of nitrogens with two attached hydrogens (primary N) is 1. The van der Waals surface area contributed by atoms with Gasteiger partial charge in [-0.05, 0) is 30.7 Å². The molecule has 1 heterocycles. The number of amides is 1. The van der Waals surface area contributed by atoms with Crippen LogP contribution in [0.15, 0.2) is 18.2 Å². The van der Waals surface area contributed by atoms with Crippen LogP contribution in [0.1, 0.15) is 44.0 Å². The molecule has 1 aliphatic rings. The first-order valence-electron chi connectivity index (χ1n) is 7.82. The van der Waals surface area contributed by atoms with Crippen molar-refractivity contribution in [3.05, 3.63) is 23.8 Å². The summed E-state index contributed by atoms with van der Waals surface area (Å²) in [5, 5.41) is 0. The smallest absolute Gasteiger partial charge is 0.226 e. The molecule has 0 bridgehead atoms. The number of anilines is 1. The van der Waals surface area contributed by atoms with Crippen LogP contribution in [-0.4, -0.2) is 30.9 Å².